The fourth-order valence-corrected chi connectivity index (χ4v) is 3.16. The molecule has 1 heterocycles. The van der Waals surface area contributed by atoms with Gasteiger partial charge >= 0.3 is 0 Å². The molecule has 4 nitrogen and oxygen atoms in total. The Balaban J connectivity index is 1.50. The zero-order valence-electron chi connectivity index (χ0n) is 14.4. The summed E-state index contributed by atoms with van der Waals surface area (Å²) in [5, 5.41) is 0. The Morgan fingerprint density at radius 3 is 2.33 bits per heavy atom. The Hall–Kier alpha value is -2.04. The number of rotatable bonds is 6. The van der Waals surface area contributed by atoms with Crippen LogP contribution >= 0.6 is 0 Å². The first-order valence-electron chi connectivity index (χ1n) is 8.64. The summed E-state index contributed by atoms with van der Waals surface area (Å²) in [5.41, 5.74) is 0. The van der Waals surface area contributed by atoms with Gasteiger partial charge in [0.15, 0.2) is 0 Å². The van der Waals surface area contributed by atoms with Crippen molar-refractivity contribution in [2.45, 2.75) is 26.1 Å². The highest BCUT2D eigenvalue weighted by atomic mass is 16.5. The minimum atomic E-state index is 0.325. The number of ether oxygens (including phenoxy) is 3. The quantitative estimate of drug-likeness (QED) is 0.884. The van der Waals surface area contributed by atoms with Gasteiger partial charge in [-0.05, 0) is 38.1 Å². The molecule has 1 saturated heterocycles. The second-order valence-corrected chi connectivity index (χ2v) is 6.40. The lowest BCUT2D eigenvalue weighted by atomic mass is 10.2. The van der Waals surface area contributed by atoms with E-state index < -0.39 is 0 Å². The van der Waals surface area contributed by atoms with E-state index in [0.717, 1.165) is 36.9 Å². The number of morpholine rings is 1. The van der Waals surface area contributed by atoms with Gasteiger partial charge in [-0.3, -0.25) is 0 Å². The van der Waals surface area contributed by atoms with Gasteiger partial charge in [0.25, 0.3) is 0 Å². The van der Waals surface area contributed by atoms with Gasteiger partial charge in [0, 0.05) is 6.07 Å². The molecule has 1 aliphatic rings. The first-order valence-corrected chi connectivity index (χ1v) is 8.64. The molecule has 0 saturated carbocycles. The highest BCUT2D eigenvalue weighted by Crippen LogP contribution is 2.24. The standard InChI is InChI=1S/C20H25NO3/c1-16-14-21(15-17(2)23-16)11-12-22-19-9-6-10-20(13-19)24-18-7-4-3-5-8-18/h3-10,13,16-17H,11-12,14-15H2,1-2H3/p+1/t16-,17-/m1/s1. The van der Waals surface area contributed by atoms with E-state index in [1.54, 1.807) is 0 Å². The van der Waals surface area contributed by atoms with E-state index in [9.17, 15) is 0 Å². The minimum absolute atomic E-state index is 0.325. The Morgan fingerprint density at radius 2 is 1.58 bits per heavy atom. The molecule has 0 bridgehead atoms. The van der Waals surface area contributed by atoms with E-state index in [0.29, 0.717) is 18.8 Å². The minimum Gasteiger partial charge on any atom is -0.488 e. The molecule has 4 heteroatoms. The van der Waals surface area contributed by atoms with Crippen molar-refractivity contribution < 1.29 is 19.1 Å². The maximum atomic E-state index is 5.92. The van der Waals surface area contributed by atoms with E-state index >= 15 is 0 Å². The lowest BCUT2D eigenvalue weighted by molar-refractivity contribution is -0.915. The molecule has 1 N–H and O–H groups in total. The molecule has 24 heavy (non-hydrogen) atoms. The van der Waals surface area contributed by atoms with Gasteiger partial charge in [-0.1, -0.05) is 24.3 Å². The summed E-state index contributed by atoms with van der Waals surface area (Å²) in [7, 11) is 0. The molecule has 1 aliphatic heterocycles. The Bertz CT molecular complexity index is 622. The lowest BCUT2D eigenvalue weighted by Crippen LogP contribution is -3.16. The van der Waals surface area contributed by atoms with Crippen molar-refractivity contribution >= 4 is 0 Å². The number of benzene rings is 2. The summed E-state index contributed by atoms with van der Waals surface area (Å²) in [6, 6.07) is 17.6. The van der Waals surface area contributed by atoms with E-state index in [4.69, 9.17) is 14.2 Å². The SMILES string of the molecule is C[C@@H]1C[NH+](CCOc2cccc(Oc3ccccc3)c2)C[C@@H](C)O1. The van der Waals surface area contributed by atoms with E-state index in [1.807, 2.05) is 54.6 Å². The lowest BCUT2D eigenvalue weighted by Gasteiger charge is -2.32. The summed E-state index contributed by atoms with van der Waals surface area (Å²) in [6.07, 6.45) is 0.651. The number of hydrogen-bond donors (Lipinski definition) is 1. The van der Waals surface area contributed by atoms with Crippen LogP contribution in [0.3, 0.4) is 0 Å². The molecule has 2 aromatic carbocycles. The molecule has 1 fully saturated rings. The second kappa shape index (κ2) is 8.18. The predicted molar refractivity (Wildman–Crippen MR) is 94.0 cm³/mol. The topological polar surface area (TPSA) is 32.1 Å². The summed E-state index contributed by atoms with van der Waals surface area (Å²) in [6.45, 7) is 8.06. The van der Waals surface area contributed by atoms with Gasteiger partial charge in [-0.2, -0.15) is 0 Å². The highest BCUT2D eigenvalue weighted by Gasteiger charge is 2.25. The Labute approximate surface area is 144 Å². The fourth-order valence-electron chi connectivity index (χ4n) is 3.16. The van der Waals surface area contributed by atoms with Gasteiger partial charge < -0.3 is 19.1 Å². The van der Waals surface area contributed by atoms with Crippen LogP contribution in [0.5, 0.6) is 17.2 Å². The summed E-state index contributed by atoms with van der Waals surface area (Å²) in [5.74, 6) is 2.47. The van der Waals surface area contributed by atoms with Crippen LogP contribution < -0.4 is 14.4 Å². The molecule has 0 spiro atoms. The monoisotopic (exact) mass is 328 g/mol. The maximum Gasteiger partial charge on any atom is 0.137 e. The average molecular weight is 328 g/mol. The molecule has 2 atom stereocenters. The molecule has 0 radical (unpaired) electrons. The zero-order valence-corrected chi connectivity index (χ0v) is 14.4. The van der Waals surface area contributed by atoms with Crippen molar-refractivity contribution in [1.29, 1.82) is 0 Å². The van der Waals surface area contributed by atoms with Crippen LogP contribution in [0, 0.1) is 0 Å². The molecule has 0 unspecified atom stereocenters. The van der Waals surface area contributed by atoms with Crippen LogP contribution in [0.15, 0.2) is 54.6 Å². The zero-order chi connectivity index (χ0) is 16.8. The number of nitrogens with one attached hydrogen (secondary N) is 1. The van der Waals surface area contributed by atoms with Crippen molar-refractivity contribution in [2.75, 3.05) is 26.2 Å². The van der Waals surface area contributed by atoms with Crippen LogP contribution in [0.2, 0.25) is 0 Å². The van der Waals surface area contributed by atoms with E-state index in [1.165, 1.54) is 4.90 Å². The second-order valence-electron chi connectivity index (χ2n) is 6.40. The molecule has 128 valence electrons. The molecule has 2 aromatic rings. The van der Waals surface area contributed by atoms with Gasteiger partial charge in [0.2, 0.25) is 0 Å². The molecule has 0 aliphatic carbocycles. The molecule has 3 rings (SSSR count). The van der Waals surface area contributed by atoms with Crippen LogP contribution in [0.1, 0.15) is 13.8 Å². The molecular formula is C20H26NO3+. The predicted octanol–water partition coefficient (Wildman–Crippen LogP) is 2.55. The largest absolute Gasteiger partial charge is 0.488 e. The normalized spacial score (nSPS) is 23.7. The van der Waals surface area contributed by atoms with Gasteiger partial charge in [0.05, 0.1) is 0 Å². The summed E-state index contributed by atoms with van der Waals surface area (Å²) >= 11 is 0. The first kappa shape index (κ1) is 16.8. The number of quaternary nitrogens is 1. The molecule has 0 amide bonds. The Kier molecular flexibility index (Phi) is 5.72. The summed E-state index contributed by atoms with van der Waals surface area (Å²) < 4.78 is 17.5. The number of para-hydroxylation sites is 1. The third-order valence-corrected chi connectivity index (χ3v) is 4.13. The average Bonchev–Trinajstić information content (AvgIpc) is 2.55. The van der Waals surface area contributed by atoms with Crippen molar-refractivity contribution in [1.82, 2.24) is 0 Å². The molecular weight excluding hydrogens is 302 g/mol. The van der Waals surface area contributed by atoms with Gasteiger partial charge in [0.1, 0.15) is 55.7 Å². The third kappa shape index (κ3) is 4.98. The van der Waals surface area contributed by atoms with Crippen molar-refractivity contribution in [3.8, 4) is 17.2 Å². The summed E-state index contributed by atoms with van der Waals surface area (Å²) in [4.78, 5) is 1.54. The molecule has 0 aromatic heterocycles. The Morgan fingerprint density at radius 1 is 0.917 bits per heavy atom. The maximum absolute atomic E-state index is 5.92. The van der Waals surface area contributed by atoms with Crippen LogP contribution in [-0.2, 0) is 4.74 Å². The van der Waals surface area contributed by atoms with Crippen LogP contribution in [-0.4, -0.2) is 38.4 Å². The van der Waals surface area contributed by atoms with Crippen molar-refractivity contribution in [3.05, 3.63) is 54.6 Å². The van der Waals surface area contributed by atoms with E-state index in [-0.39, 0.29) is 0 Å². The fraction of sp³-hybridized carbons (Fsp3) is 0.400. The smallest absolute Gasteiger partial charge is 0.137 e. The van der Waals surface area contributed by atoms with Crippen LogP contribution in [0.25, 0.3) is 0 Å². The highest BCUT2D eigenvalue weighted by molar-refractivity contribution is 5.36. The van der Waals surface area contributed by atoms with E-state index in [2.05, 4.69) is 13.8 Å². The third-order valence-electron chi connectivity index (χ3n) is 4.13. The van der Waals surface area contributed by atoms with Crippen molar-refractivity contribution in [3.63, 3.8) is 0 Å². The first-order chi connectivity index (χ1) is 11.7. The van der Waals surface area contributed by atoms with Crippen LogP contribution in [0.4, 0.5) is 0 Å². The van der Waals surface area contributed by atoms with Gasteiger partial charge in [-0.25, -0.2) is 0 Å². The number of hydrogen-bond acceptors (Lipinski definition) is 3. The van der Waals surface area contributed by atoms with Gasteiger partial charge in [-0.15, -0.1) is 0 Å². The van der Waals surface area contributed by atoms with Crippen molar-refractivity contribution in [2.24, 2.45) is 0 Å².